The third-order valence-electron chi connectivity index (χ3n) is 5.40. The summed E-state index contributed by atoms with van der Waals surface area (Å²) >= 11 is 0. The number of nitrogens with one attached hydrogen (secondary N) is 2. The van der Waals surface area contributed by atoms with Gasteiger partial charge in [-0.1, -0.05) is 36.4 Å². The molecular weight excluding hydrogens is 317 g/mol. The van der Waals surface area contributed by atoms with Crippen molar-refractivity contribution >= 4 is 0 Å². The van der Waals surface area contributed by atoms with Gasteiger partial charge in [0.2, 0.25) is 0 Å². The van der Waals surface area contributed by atoms with E-state index in [1.165, 1.54) is 17.7 Å². The van der Waals surface area contributed by atoms with Crippen LogP contribution in [0.4, 0.5) is 4.39 Å². The lowest BCUT2D eigenvalue weighted by Gasteiger charge is -2.36. The Kier molecular flexibility index (Phi) is 4.70. The van der Waals surface area contributed by atoms with Gasteiger partial charge in [-0.25, -0.2) is 9.82 Å². The Labute approximate surface area is 148 Å². The monoisotopic (exact) mass is 341 g/mol. The maximum absolute atomic E-state index is 13.4. The van der Waals surface area contributed by atoms with Gasteiger partial charge in [0.25, 0.3) is 0 Å². The number of ether oxygens (including phenoxy) is 1. The fourth-order valence-corrected chi connectivity index (χ4v) is 4.10. The van der Waals surface area contributed by atoms with Gasteiger partial charge in [0.05, 0.1) is 13.2 Å². The Hall–Kier alpha value is -1.95. The maximum atomic E-state index is 13.4. The second-order valence-corrected chi connectivity index (χ2v) is 6.93. The highest BCUT2D eigenvalue weighted by Gasteiger charge is 2.40. The molecule has 0 aromatic heterocycles. The Balaban J connectivity index is 1.49. The summed E-state index contributed by atoms with van der Waals surface area (Å²) in [5.41, 5.74) is 9.31. The Morgan fingerprint density at radius 1 is 1.16 bits per heavy atom. The Morgan fingerprint density at radius 3 is 2.80 bits per heavy atom. The van der Waals surface area contributed by atoms with Gasteiger partial charge < -0.3 is 4.74 Å². The minimum absolute atomic E-state index is 0.257. The summed E-state index contributed by atoms with van der Waals surface area (Å²) in [6.07, 6.45) is 1.10. The lowest BCUT2D eigenvalue weighted by atomic mass is 9.85. The van der Waals surface area contributed by atoms with Crippen molar-refractivity contribution < 1.29 is 9.13 Å². The predicted octanol–water partition coefficient (Wildman–Crippen LogP) is 2.87. The van der Waals surface area contributed by atoms with Gasteiger partial charge in [-0.05, 0) is 18.1 Å². The summed E-state index contributed by atoms with van der Waals surface area (Å²) in [4.78, 5) is 2.45. The fraction of sp³-hybridized carbons (Fsp3) is 0.400. The van der Waals surface area contributed by atoms with E-state index in [1.807, 2.05) is 6.07 Å². The van der Waals surface area contributed by atoms with E-state index in [9.17, 15) is 4.39 Å². The van der Waals surface area contributed by atoms with Gasteiger partial charge in [-0.15, -0.1) is 0 Å². The van der Waals surface area contributed by atoms with Gasteiger partial charge in [-0.2, -0.15) is 0 Å². The number of likely N-dealkylation sites (tertiary alicyclic amines) is 1. The molecule has 2 heterocycles. The zero-order chi connectivity index (χ0) is 17.2. The number of fused-ring (bicyclic) bond motifs is 1. The molecule has 0 aliphatic carbocycles. The summed E-state index contributed by atoms with van der Waals surface area (Å²) in [5, 5.41) is 0. The van der Waals surface area contributed by atoms with Crippen LogP contribution in [0.1, 0.15) is 23.6 Å². The summed E-state index contributed by atoms with van der Waals surface area (Å²) < 4.78 is 18.8. The van der Waals surface area contributed by atoms with Gasteiger partial charge in [0.15, 0.2) is 0 Å². The average molecular weight is 341 g/mol. The van der Waals surface area contributed by atoms with Crippen LogP contribution in [0.15, 0.2) is 48.5 Å². The second kappa shape index (κ2) is 7.12. The van der Waals surface area contributed by atoms with Crippen LogP contribution < -0.4 is 15.6 Å². The summed E-state index contributed by atoms with van der Waals surface area (Å²) in [6, 6.07) is 16.2. The van der Waals surface area contributed by atoms with Crippen molar-refractivity contribution in [2.75, 3.05) is 20.2 Å². The first kappa shape index (κ1) is 16.5. The first-order chi connectivity index (χ1) is 12.2. The number of nitrogens with zero attached hydrogens (tertiary/aromatic N) is 1. The van der Waals surface area contributed by atoms with Gasteiger partial charge in [0.1, 0.15) is 11.6 Å². The Bertz CT molecular complexity index is 724. The molecule has 2 aromatic carbocycles. The summed E-state index contributed by atoms with van der Waals surface area (Å²) in [5.74, 6) is 0.889. The van der Waals surface area contributed by atoms with Crippen LogP contribution in [-0.2, 0) is 6.54 Å². The molecule has 4 nitrogen and oxygen atoms in total. The molecular formula is C20H24FN3O. The molecule has 0 spiro atoms. The molecule has 2 aliphatic rings. The van der Waals surface area contributed by atoms with Crippen LogP contribution in [0, 0.1) is 11.7 Å². The number of hydrazine groups is 1. The zero-order valence-corrected chi connectivity index (χ0v) is 14.4. The van der Waals surface area contributed by atoms with Gasteiger partial charge in [-0.3, -0.25) is 10.3 Å². The maximum Gasteiger partial charge on any atom is 0.126 e. The normalized spacial score (nSPS) is 26.4. The lowest BCUT2D eigenvalue weighted by molar-refractivity contribution is 0.147. The fourth-order valence-electron chi connectivity index (χ4n) is 4.10. The van der Waals surface area contributed by atoms with Crippen molar-refractivity contribution in [2.24, 2.45) is 5.92 Å². The van der Waals surface area contributed by atoms with Gasteiger partial charge in [0, 0.05) is 43.2 Å². The molecule has 3 atom stereocenters. The van der Waals surface area contributed by atoms with E-state index in [1.54, 1.807) is 7.11 Å². The molecule has 2 aliphatic heterocycles. The first-order valence-electron chi connectivity index (χ1n) is 8.85. The van der Waals surface area contributed by atoms with E-state index in [-0.39, 0.29) is 5.82 Å². The molecule has 2 N–H and O–H groups in total. The smallest absolute Gasteiger partial charge is 0.126 e. The van der Waals surface area contributed by atoms with E-state index in [0.717, 1.165) is 31.6 Å². The largest absolute Gasteiger partial charge is 0.496 e. The summed E-state index contributed by atoms with van der Waals surface area (Å²) in [6.45, 7) is 2.82. The first-order valence-corrected chi connectivity index (χ1v) is 8.85. The van der Waals surface area contributed by atoms with Crippen molar-refractivity contribution in [3.63, 3.8) is 0 Å². The number of methoxy groups -OCH3 is 1. The van der Waals surface area contributed by atoms with E-state index < -0.39 is 0 Å². The molecule has 2 fully saturated rings. The van der Waals surface area contributed by atoms with Crippen molar-refractivity contribution in [1.82, 2.24) is 15.8 Å². The van der Waals surface area contributed by atoms with E-state index >= 15 is 0 Å². The molecule has 2 saturated heterocycles. The van der Waals surface area contributed by atoms with Crippen molar-refractivity contribution in [2.45, 2.75) is 25.0 Å². The average Bonchev–Trinajstić information content (AvgIpc) is 3.07. The standard InChI is InChI=1S/C20H24FN3O/c1-25-19-11-16(21)8-7-15(19)12-24-10-9-18-17(13-24)20(23-22-18)14-5-3-2-4-6-14/h2-8,11,17-18,20,22-23H,9-10,12-13H2,1H3. The van der Waals surface area contributed by atoms with Crippen LogP contribution >= 0.6 is 0 Å². The Morgan fingerprint density at radius 2 is 2.00 bits per heavy atom. The van der Waals surface area contributed by atoms with Crippen LogP contribution in [0.25, 0.3) is 0 Å². The molecule has 0 bridgehead atoms. The van der Waals surface area contributed by atoms with Crippen molar-refractivity contribution in [3.05, 3.63) is 65.5 Å². The number of hydrogen-bond donors (Lipinski definition) is 2. The van der Waals surface area contributed by atoms with Crippen LogP contribution in [0.3, 0.4) is 0 Å². The topological polar surface area (TPSA) is 36.5 Å². The van der Waals surface area contributed by atoms with Crippen LogP contribution in [0.2, 0.25) is 0 Å². The molecule has 0 amide bonds. The molecule has 4 rings (SSSR count). The molecule has 3 unspecified atom stereocenters. The molecule has 25 heavy (non-hydrogen) atoms. The van der Waals surface area contributed by atoms with Crippen molar-refractivity contribution in [1.29, 1.82) is 0 Å². The lowest BCUT2D eigenvalue weighted by Crippen LogP contribution is -2.45. The van der Waals surface area contributed by atoms with E-state index in [4.69, 9.17) is 4.74 Å². The number of benzene rings is 2. The predicted molar refractivity (Wildman–Crippen MR) is 95.6 cm³/mol. The zero-order valence-electron chi connectivity index (χ0n) is 14.4. The number of piperidine rings is 1. The number of hydrogen-bond acceptors (Lipinski definition) is 4. The molecule has 2 aromatic rings. The SMILES string of the molecule is COc1cc(F)ccc1CN1CCC2NNC(c3ccccc3)C2C1. The van der Waals surface area contributed by atoms with Crippen LogP contribution in [-0.4, -0.2) is 31.1 Å². The quantitative estimate of drug-likeness (QED) is 0.897. The van der Waals surface area contributed by atoms with E-state index in [0.29, 0.717) is 23.8 Å². The van der Waals surface area contributed by atoms with Crippen molar-refractivity contribution in [3.8, 4) is 5.75 Å². The van der Waals surface area contributed by atoms with E-state index in [2.05, 4.69) is 46.1 Å². The minimum Gasteiger partial charge on any atom is -0.496 e. The molecule has 0 saturated carbocycles. The molecule has 5 heteroatoms. The molecule has 0 radical (unpaired) electrons. The van der Waals surface area contributed by atoms with Crippen LogP contribution in [0.5, 0.6) is 5.75 Å². The number of halogens is 1. The number of rotatable bonds is 4. The highest BCUT2D eigenvalue weighted by molar-refractivity contribution is 5.34. The third kappa shape index (κ3) is 3.40. The minimum atomic E-state index is -0.257. The summed E-state index contributed by atoms with van der Waals surface area (Å²) in [7, 11) is 1.60. The van der Waals surface area contributed by atoms with Gasteiger partial charge >= 0.3 is 0 Å². The highest BCUT2D eigenvalue weighted by atomic mass is 19.1. The second-order valence-electron chi connectivity index (χ2n) is 6.93. The molecule has 132 valence electrons. The highest BCUT2D eigenvalue weighted by Crippen LogP contribution is 2.34. The third-order valence-corrected chi connectivity index (χ3v) is 5.40.